The molecular formula is C11H16N2O3. The standard InChI is InChI=1S/C11H16N2O3/c1-3-5-8(9(14)15)12-10(16)13-11(2)6-4-7-11/h1,8H,4-7H2,2H3,(H,14,15)(H2,12,13,16). The van der Waals surface area contributed by atoms with E-state index in [0.29, 0.717) is 0 Å². The number of nitrogens with one attached hydrogen (secondary N) is 2. The molecule has 0 saturated heterocycles. The van der Waals surface area contributed by atoms with Crippen LogP contribution in [0.3, 0.4) is 0 Å². The van der Waals surface area contributed by atoms with Crippen LogP contribution in [0.1, 0.15) is 32.6 Å². The molecule has 1 atom stereocenters. The van der Waals surface area contributed by atoms with Crippen LogP contribution in [0.25, 0.3) is 0 Å². The summed E-state index contributed by atoms with van der Waals surface area (Å²) in [5.74, 6) is 1.10. The number of carbonyl (C=O) groups is 2. The summed E-state index contributed by atoms with van der Waals surface area (Å²) in [6.07, 6.45) is 7.94. The van der Waals surface area contributed by atoms with Crippen LogP contribution in [0.4, 0.5) is 4.79 Å². The number of hydrogen-bond acceptors (Lipinski definition) is 2. The highest BCUT2D eigenvalue weighted by Crippen LogP contribution is 2.30. The molecule has 0 aromatic heterocycles. The first-order valence-corrected chi connectivity index (χ1v) is 5.22. The summed E-state index contributed by atoms with van der Waals surface area (Å²) in [7, 11) is 0. The Morgan fingerprint density at radius 3 is 2.56 bits per heavy atom. The topological polar surface area (TPSA) is 78.4 Å². The number of amides is 2. The molecule has 0 aromatic carbocycles. The second-order valence-corrected chi connectivity index (χ2v) is 4.31. The molecule has 0 heterocycles. The maximum atomic E-state index is 11.5. The number of rotatable bonds is 4. The van der Waals surface area contributed by atoms with E-state index in [4.69, 9.17) is 11.5 Å². The number of aliphatic carboxylic acids is 1. The Kier molecular flexibility index (Phi) is 3.78. The molecule has 1 unspecified atom stereocenters. The van der Waals surface area contributed by atoms with Gasteiger partial charge in [0.15, 0.2) is 0 Å². The number of hydrogen-bond donors (Lipinski definition) is 3. The van der Waals surface area contributed by atoms with Gasteiger partial charge < -0.3 is 15.7 Å². The molecule has 5 nitrogen and oxygen atoms in total. The Hall–Kier alpha value is -1.70. The average Bonchev–Trinajstić information content (AvgIpc) is 2.14. The molecule has 3 N–H and O–H groups in total. The van der Waals surface area contributed by atoms with Crippen molar-refractivity contribution in [2.45, 2.75) is 44.2 Å². The fourth-order valence-corrected chi connectivity index (χ4v) is 1.62. The summed E-state index contributed by atoms with van der Waals surface area (Å²) in [5, 5.41) is 13.9. The number of urea groups is 1. The van der Waals surface area contributed by atoms with E-state index in [1.54, 1.807) is 0 Å². The van der Waals surface area contributed by atoms with Crippen LogP contribution in [0.15, 0.2) is 0 Å². The van der Waals surface area contributed by atoms with Crippen LogP contribution in [-0.4, -0.2) is 28.7 Å². The predicted octanol–water partition coefficient (Wildman–Crippen LogP) is 0.705. The normalized spacial score (nSPS) is 18.8. The van der Waals surface area contributed by atoms with Gasteiger partial charge in [0.25, 0.3) is 0 Å². The highest BCUT2D eigenvalue weighted by Gasteiger charge is 2.33. The van der Waals surface area contributed by atoms with Crippen molar-refractivity contribution in [1.29, 1.82) is 0 Å². The van der Waals surface area contributed by atoms with Gasteiger partial charge in [-0.05, 0) is 26.2 Å². The summed E-state index contributed by atoms with van der Waals surface area (Å²) in [5.41, 5.74) is -0.191. The molecule has 16 heavy (non-hydrogen) atoms. The van der Waals surface area contributed by atoms with E-state index in [9.17, 15) is 9.59 Å². The lowest BCUT2D eigenvalue weighted by Crippen LogP contribution is -2.56. The van der Waals surface area contributed by atoms with E-state index in [-0.39, 0.29) is 12.0 Å². The number of carboxylic acid groups (broad SMARTS) is 1. The Bertz CT molecular complexity index is 329. The van der Waals surface area contributed by atoms with Gasteiger partial charge in [-0.2, -0.15) is 0 Å². The van der Waals surface area contributed by atoms with Crippen molar-refractivity contribution in [3.8, 4) is 12.3 Å². The average molecular weight is 224 g/mol. The zero-order chi connectivity index (χ0) is 12.2. The number of carbonyl (C=O) groups excluding carboxylic acids is 1. The van der Waals surface area contributed by atoms with Crippen LogP contribution in [0, 0.1) is 12.3 Å². The molecule has 1 aliphatic carbocycles. The van der Waals surface area contributed by atoms with Crippen LogP contribution in [0.5, 0.6) is 0 Å². The summed E-state index contributed by atoms with van der Waals surface area (Å²) < 4.78 is 0. The van der Waals surface area contributed by atoms with Gasteiger partial charge in [-0.25, -0.2) is 9.59 Å². The fraction of sp³-hybridized carbons (Fsp3) is 0.636. The minimum atomic E-state index is -1.12. The monoisotopic (exact) mass is 224 g/mol. The maximum Gasteiger partial charge on any atom is 0.327 e. The zero-order valence-electron chi connectivity index (χ0n) is 9.25. The summed E-state index contributed by atoms with van der Waals surface area (Å²) in [4.78, 5) is 22.2. The summed E-state index contributed by atoms with van der Waals surface area (Å²) in [6, 6.07) is -1.49. The van der Waals surface area contributed by atoms with Crippen molar-refractivity contribution in [3.05, 3.63) is 0 Å². The summed E-state index contributed by atoms with van der Waals surface area (Å²) >= 11 is 0. The first kappa shape index (κ1) is 12.4. The van der Waals surface area contributed by atoms with Crippen molar-refractivity contribution in [3.63, 3.8) is 0 Å². The molecule has 2 amide bonds. The largest absolute Gasteiger partial charge is 0.480 e. The molecule has 1 saturated carbocycles. The van der Waals surface area contributed by atoms with Gasteiger partial charge in [-0.1, -0.05) is 0 Å². The van der Waals surface area contributed by atoms with E-state index in [0.717, 1.165) is 19.3 Å². The van der Waals surface area contributed by atoms with Gasteiger partial charge in [-0.15, -0.1) is 12.3 Å². The number of terminal acetylenes is 1. The first-order valence-electron chi connectivity index (χ1n) is 5.22. The van der Waals surface area contributed by atoms with E-state index in [1.165, 1.54) is 0 Å². The van der Waals surface area contributed by atoms with Crippen LogP contribution in [-0.2, 0) is 4.79 Å². The molecule has 0 bridgehead atoms. The maximum absolute atomic E-state index is 11.5. The summed E-state index contributed by atoms with van der Waals surface area (Å²) in [6.45, 7) is 1.94. The zero-order valence-corrected chi connectivity index (χ0v) is 9.25. The molecule has 0 aromatic rings. The fourth-order valence-electron chi connectivity index (χ4n) is 1.62. The van der Waals surface area contributed by atoms with Crippen LogP contribution >= 0.6 is 0 Å². The van der Waals surface area contributed by atoms with Crippen molar-refractivity contribution < 1.29 is 14.7 Å². The Morgan fingerprint density at radius 1 is 1.56 bits per heavy atom. The van der Waals surface area contributed by atoms with Crippen molar-refractivity contribution in [1.82, 2.24) is 10.6 Å². The highest BCUT2D eigenvalue weighted by molar-refractivity contribution is 5.83. The highest BCUT2D eigenvalue weighted by atomic mass is 16.4. The second kappa shape index (κ2) is 4.88. The second-order valence-electron chi connectivity index (χ2n) is 4.31. The third-order valence-corrected chi connectivity index (χ3v) is 2.80. The van der Waals surface area contributed by atoms with E-state index in [2.05, 4.69) is 16.6 Å². The van der Waals surface area contributed by atoms with E-state index in [1.807, 2.05) is 6.92 Å². The minimum absolute atomic E-state index is 0.0144. The van der Waals surface area contributed by atoms with Crippen molar-refractivity contribution >= 4 is 12.0 Å². The van der Waals surface area contributed by atoms with E-state index < -0.39 is 18.0 Å². The molecule has 1 rings (SSSR count). The third kappa shape index (κ3) is 3.16. The first-order chi connectivity index (χ1) is 7.47. The molecule has 0 aliphatic heterocycles. The van der Waals surface area contributed by atoms with Crippen LogP contribution in [0.2, 0.25) is 0 Å². The van der Waals surface area contributed by atoms with Gasteiger partial charge in [-0.3, -0.25) is 0 Å². The lowest BCUT2D eigenvalue weighted by atomic mass is 9.79. The van der Waals surface area contributed by atoms with Gasteiger partial charge in [0.2, 0.25) is 0 Å². The minimum Gasteiger partial charge on any atom is -0.480 e. The quantitative estimate of drug-likeness (QED) is 0.615. The van der Waals surface area contributed by atoms with Gasteiger partial charge >= 0.3 is 12.0 Å². The van der Waals surface area contributed by atoms with E-state index >= 15 is 0 Å². The van der Waals surface area contributed by atoms with Crippen LogP contribution < -0.4 is 10.6 Å². The van der Waals surface area contributed by atoms with Crippen molar-refractivity contribution in [2.24, 2.45) is 0 Å². The Labute approximate surface area is 94.6 Å². The Balaban J connectivity index is 2.42. The predicted molar refractivity (Wildman–Crippen MR) is 58.8 cm³/mol. The lowest BCUT2D eigenvalue weighted by Gasteiger charge is -2.39. The molecule has 1 aliphatic rings. The third-order valence-electron chi connectivity index (χ3n) is 2.80. The molecule has 88 valence electrons. The SMILES string of the molecule is C#CCC(NC(=O)NC1(C)CCC1)C(=O)O. The molecule has 0 spiro atoms. The Morgan fingerprint density at radius 2 is 2.19 bits per heavy atom. The molecule has 1 fully saturated rings. The molecular weight excluding hydrogens is 208 g/mol. The smallest absolute Gasteiger partial charge is 0.327 e. The van der Waals surface area contributed by atoms with Gasteiger partial charge in [0, 0.05) is 12.0 Å². The lowest BCUT2D eigenvalue weighted by molar-refractivity contribution is -0.139. The van der Waals surface area contributed by atoms with Gasteiger partial charge in [0.1, 0.15) is 6.04 Å². The molecule has 5 heteroatoms. The number of carboxylic acids is 1. The van der Waals surface area contributed by atoms with Crippen molar-refractivity contribution in [2.75, 3.05) is 0 Å². The molecule has 0 radical (unpaired) electrons. The van der Waals surface area contributed by atoms with Gasteiger partial charge in [0.05, 0.1) is 0 Å².